The molecule has 0 radical (unpaired) electrons. The lowest BCUT2D eigenvalue weighted by molar-refractivity contribution is -0.125. The summed E-state index contributed by atoms with van der Waals surface area (Å²) in [6.45, 7) is 5.14. The Morgan fingerprint density at radius 3 is 2.29 bits per heavy atom. The first-order chi connectivity index (χ1) is 7.70. The van der Waals surface area contributed by atoms with Gasteiger partial charge in [-0.2, -0.15) is 0 Å². The maximum atomic E-state index is 11.5. The Kier molecular flexibility index (Phi) is 3.81. The topological polar surface area (TPSA) is 83.6 Å². The Morgan fingerprint density at radius 2 is 1.88 bits per heavy atom. The fraction of sp³-hybridized carbons (Fsp3) is 0.800. The summed E-state index contributed by atoms with van der Waals surface area (Å²) in [5.74, 6) is -0.208. The van der Waals surface area contributed by atoms with Crippen LogP contribution in [0.1, 0.15) is 27.2 Å². The quantitative estimate of drug-likeness (QED) is 0.714. The van der Waals surface area contributed by atoms with Gasteiger partial charge in [0.15, 0.2) is 0 Å². The van der Waals surface area contributed by atoms with E-state index in [1.807, 2.05) is 0 Å². The van der Waals surface area contributed by atoms with E-state index in [1.54, 1.807) is 20.8 Å². The van der Waals surface area contributed by atoms with E-state index in [1.165, 1.54) is 4.90 Å². The third-order valence-electron chi connectivity index (χ3n) is 2.97. The maximum absolute atomic E-state index is 11.5. The molecule has 1 aliphatic heterocycles. The van der Waals surface area contributed by atoms with E-state index in [2.05, 4.69) is 5.32 Å². The Hall–Kier alpha value is -1.11. The van der Waals surface area contributed by atoms with Crippen LogP contribution >= 0.6 is 0 Å². The minimum atomic E-state index is -3.02. The summed E-state index contributed by atoms with van der Waals surface area (Å²) < 4.78 is 22.6. The number of amides is 3. The Morgan fingerprint density at radius 1 is 1.29 bits per heavy atom. The summed E-state index contributed by atoms with van der Waals surface area (Å²) in [7, 11) is -3.02. The molecule has 1 fully saturated rings. The highest BCUT2D eigenvalue weighted by molar-refractivity contribution is 7.91. The van der Waals surface area contributed by atoms with Crippen molar-refractivity contribution in [3.8, 4) is 0 Å². The fourth-order valence-electron chi connectivity index (χ4n) is 1.66. The first kappa shape index (κ1) is 14.0. The summed E-state index contributed by atoms with van der Waals surface area (Å²) in [6.07, 6.45) is 0.348. The molecule has 1 N–H and O–H groups in total. The smallest absolute Gasteiger partial charge is 0.310 e. The number of rotatable bonds is 5. The Balaban J connectivity index is 2.58. The third kappa shape index (κ3) is 2.96. The van der Waals surface area contributed by atoms with Gasteiger partial charge in [0.1, 0.15) is 15.4 Å². The van der Waals surface area contributed by atoms with Crippen LogP contribution in [0.3, 0.4) is 0 Å². The molecule has 0 atom stereocenters. The molecule has 0 bridgehead atoms. The SMILES string of the molecule is CCS(=O)(=O)CCCN1C(=O)NC(=O)C1(C)C. The van der Waals surface area contributed by atoms with Crippen LogP contribution < -0.4 is 5.32 Å². The van der Waals surface area contributed by atoms with Gasteiger partial charge in [0.25, 0.3) is 5.91 Å². The van der Waals surface area contributed by atoms with Crippen LogP contribution in [0, 0.1) is 0 Å². The normalized spacial score (nSPS) is 19.6. The molecule has 6 nitrogen and oxygen atoms in total. The molecular formula is C10H18N2O4S. The van der Waals surface area contributed by atoms with Gasteiger partial charge < -0.3 is 4.90 Å². The Labute approximate surface area is 101 Å². The number of carbonyl (C=O) groups is 2. The van der Waals surface area contributed by atoms with Crippen molar-refractivity contribution in [1.29, 1.82) is 0 Å². The van der Waals surface area contributed by atoms with Gasteiger partial charge >= 0.3 is 6.03 Å². The van der Waals surface area contributed by atoms with Gasteiger partial charge in [-0.05, 0) is 20.3 Å². The molecule has 1 heterocycles. The second-order valence-electron chi connectivity index (χ2n) is 4.56. The van der Waals surface area contributed by atoms with Crippen molar-refractivity contribution in [2.75, 3.05) is 18.1 Å². The number of sulfone groups is 1. The number of hydrogen-bond acceptors (Lipinski definition) is 4. The molecule has 17 heavy (non-hydrogen) atoms. The molecule has 1 saturated heterocycles. The summed E-state index contributed by atoms with van der Waals surface area (Å²) in [5.41, 5.74) is -0.896. The standard InChI is InChI=1S/C10H18N2O4S/c1-4-17(15,16)7-5-6-12-9(14)11-8(13)10(12,2)3/h4-7H2,1-3H3,(H,11,13,14). The van der Waals surface area contributed by atoms with Gasteiger partial charge in [0, 0.05) is 12.3 Å². The van der Waals surface area contributed by atoms with Crippen molar-refractivity contribution in [3.63, 3.8) is 0 Å². The monoisotopic (exact) mass is 262 g/mol. The van der Waals surface area contributed by atoms with E-state index < -0.39 is 21.4 Å². The fourth-order valence-corrected chi connectivity index (χ4v) is 2.52. The molecule has 0 aliphatic carbocycles. The lowest BCUT2D eigenvalue weighted by Gasteiger charge is -2.27. The Bertz CT molecular complexity index is 428. The van der Waals surface area contributed by atoms with E-state index in [4.69, 9.17) is 0 Å². The first-order valence-electron chi connectivity index (χ1n) is 5.54. The number of urea groups is 1. The van der Waals surface area contributed by atoms with E-state index in [0.717, 1.165) is 0 Å². The van der Waals surface area contributed by atoms with Crippen LogP contribution in [0.5, 0.6) is 0 Å². The number of imide groups is 1. The zero-order chi connectivity index (χ0) is 13.3. The molecule has 0 unspecified atom stereocenters. The molecule has 98 valence electrons. The van der Waals surface area contributed by atoms with Gasteiger partial charge in [0.2, 0.25) is 0 Å². The first-order valence-corrected chi connectivity index (χ1v) is 7.36. The van der Waals surface area contributed by atoms with Crippen molar-refractivity contribution in [2.24, 2.45) is 0 Å². The molecule has 1 rings (SSSR count). The molecule has 0 spiro atoms. The summed E-state index contributed by atoms with van der Waals surface area (Å²) >= 11 is 0. The van der Waals surface area contributed by atoms with Crippen LogP contribution in [0.4, 0.5) is 4.79 Å². The number of nitrogens with zero attached hydrogens (tertiary/aromatic N) is 1. The predicted octanol–water partition coefficient (Wildman–Crippen LogP) is 0.142. The molecule has 0 saturated carbocycles. The molecule has 7 heteroatoms. The van der Waals surface area contributed by atoms with Gasteiger partial charge in [-0.1, -0.05) is 6.92 Å². The lowest BCUT2D eigenvalue weighted by Crippen LogP contribution is -2.45. The largest absolute Gasteiger partial charge is 0.324 e. The van der Waals surface area contributed by atoms with E-state index in [9.17, 15) is 18.0 Å². The molecule has 0 aromatic rings. The van der Waals surface area contributed by atoms with Crippen molar-refractivity contribution in [2.45, 2.75) is 32.7 Å². The minimum Gasteiger partial charge on any atom is -0.310 e. The highest BCUT2D eigenvalue weighted by Crippen LogP contribution is 2.20. The molecular weight excluding hydrogens is 244 g/mol. The van der Waals surface area contributed by atoms with Crippen molar-refractivity contribution in [1.82, 2.24) is 10.2 Å². The molecule has 0 aromatic heterocycles. The molecule has 1 aliphatic rings. The molecule has 0 aromatic carbocycles. The van der Waals surface area contributed by atoms with Gasteiger partial charge in [-0.25, -0.2) is 13.2 Å². The predicted molar refractivity (Wildman–Crippen MR) is 63.3 cm³/mol. The second-order valence-corrected chi connectivity index (χ2v) is 7.03. The van der Waals surface area contributed by atoms with Crippen LogP contribution in [0.15, 0.2) is 0 Å². The summed E-state index contributed by atoms with van der Waals surface area (Å²) in [5, 5.41) is 2.22. The second kappa shape index (κ2) is 4.64. The number of carbonyl (C=O) groups excluding carboxylic acids is 2. The minimum absolute atomic E-state index is 0.0392. The highest BCUT2D eigenvalue weighted by atomic mass is 32.2. The van der Waals surface area contributed by atoms with Crippen LogP contribution in [0.25, 0.3) is 0 Å². The zero-order valence-corrected chi connectivity index (χ0v) is 11.1. The van der Waals surface area contributed by atoms with Gasteiger partial charge in [0.05, 0.1) is 5.75 Å². The van der Waals surface area contributed by atoms with E-state index in [0.29, 0.717) is 6.42 Å². The van der Waals surface area contributed by atoms with Crippen molar-refractivity contribution < 1.29 is 18.0 Å². The van der Waals surface area contributed by atoms with E-state index in [-0.39, 0.29) is 24.0 Å². The number of hydrogen-bond donors (Lipinski definition) is 1. The van der Waals surface area contributed by atoms with E-state index >= 15 is 0 Å². The van der Waals surface area contributed by atoms with Crippen LogP contribution in [0.2, 0.25) is 0 Å². The maximum Gasteiger partial charge on any atom is 0.324 e. The average Bonchev–Trinajstić information content (AvgIpc) is 2.40. The highest BCUT2D eigenvalue weighted by Gasteiger charge is 2.44. The van der Waals surface area contributed by atoms with Gasteiger partial charge in [-0.15, -0.1) is 0 Å². The van der Waals surface area contributed by atoms with Crippen molar-refractivity contribution >= 4 is 21.8 Å². The van der Waals surface area contributed by atoms with Crippen molar-refractivity contribution in [3.05, 3.63) is 0 Å². The summed E-state index contributed by atoms with van der Waals surface area (Å²) in [4.78, 5) is 24.3. The summed E-state index contributed by atoms with van der Waals surface area (Å²) in [6, 6.07) is -0.450. The average molecular weight is 262 g/mol. The third-order valence-corrected chi connectivity index (χ3v) is 4.76. The zero-order valence-electron chi connectivity index (χ0n) is 10.3. The molecule has 3 amide bonds. The number of nitrogens with one attached hydrogen (secondary N) is 1. The van der Waals surface area contributed by atoms with Gasteiger partial charge in [-0.3, -0.25) is 10.1 Å². The lowest BCUT2D eigenvalue weighted by atomic mass is 10.0. The van der Waals surface area contributed by atoms with Crippen LogP contribution in [-0.2, 0) is 14.6 Å². The van der Waals surface area contributed by atoms with Crippen LogP contribution in [-0.4, -0.2) is 48.8 Å².